The minimum Gasteiger partial charge on any atom is -0.292 e. The van der Waals surface area contributed by atoms with E-state index in [2.05, 4.69) is 12.1 Å². The lowest BCUT2D eigenvalue weighted by atomic mass is 9.99. The van der Waals surface area contributed by atoms with E-state index in [1.165, 1.54) is 5.56 Å². The van der Waals surface area contributed by atoms with Crippen LogP contribution in [0.5, 0.6) is 0 Å². The molecule has 0 bridgehead atoms. The van der Waals surface area contributed by atoms with Gasteiger partial charge in [-0.3, -0.25) is 14.9 Å². The lowest BCUT2D eigenvalue weighted by Crippen LogP contribution is -2.29. The number of benzene rings is 1. The number of rotatable bonds is 11. The number of nitrogens with zero attached hydrogens (tertiary/aromatic N) is 1. The third-order valence-electron chi connectivity index (χ3n) is 3.69. The van der Waals surface area contributed by atoms with E-state index in [1.54, 1.807) is 0 Å². The normalized spacial score (nSPS) is 12.0. The van der Waals surface area contributed by atoms with E-state index >= 15 is 0 Å². The second-order valence-electron chi connectivity index (χ2n) is 5.46. The van der Waals surface area contributed by atoms with Crippen LogP contribution in [0.25, 0.3) is 0 Å². The number of ketones is 1. The summed E-state index contributed by atoms with van der Waals surface area (Å²) in [6, 6.07) is 9.10. The third kappa shape index (κ3) is 7.02. The Morgan fingerprint density at radius 3 is 2.48 bits per heavy atom. The standard InChI is InChI=1S/C17H25NO3/c1-2-3-5-13-16(18(20)21)17(19)14-9-8-12-15-10-6-4-7-11-15/h4,6-7,10-11,16H,2-3,5,8-9,12-14H2,1H3. The number of carbonyl (C=O) groups excluding carboxylic acids is 1. The van der Waals surface area contributed by atoms with Gasteiger partial charge in [0.2, 0.25) is 5.78 Å². The van der Waals surface area contributed by atoms with Gasteiger partial charge in [0.1, 0.15) is 0 Å². The Kier molecular flexibility index (Phi) is 8.32. The van der Waals surface area contributed by atoms with Crippen LogP contribution in [0.2, 0.25) is 0 Å². The fourth-order valence-electron chi connectivity index (χ4n) is 2.41. The number of unbranched alkanes of at least 4 members (excludes halogenated alkanes) is 3. The molecule has 0 amide bonds. The van der Waals surface area contributed by atoms with Gasteiger partial charge in [-0.1, -0.05) is 50.1 Å². The summed E-state index contributed by atoms with van der Waals surface area (Å²) in [6.07, 6.45) is 5.98. The number of aryl methyl sites for hydroxylation is 1. The molecule has 1 atom stereocenters. The van der Waals surface area contributed by atoms with Gasteiger partial charge in [0, 0.05) is 17.8 Å². The summed E-state index contributed by atoms with van der Waals surface area (Å²) < 4.78 is 0. The highest BCUT2D eigenvalue weighted by Crippen LogP contribution is 2.12. The molecule has 0 aliphatic carbocycles. The van der Waals surface area contributed by atoms with E-state index in [9.17, 15) is 14.9 Å². The number of Topliss-reactive ketones (excluding diaryl/α,β-unsaturated/α-hetero) is 1. The second-order valence-corrected chi connectivity index (χ2v) is 5.46. The topological polar surface area (TPSA) is 60.2 Å². The van der Waals surface area contributed by atoms with Crippen molar-refractivity contribution in [1.29, 1.82) is 0 Å². The van der Waals surface area contributed by atoms with Crippen molar-refractivity contribution in [3.8, 4) is 0 Å². The van der Waals surface area contributed by atoms with E-state index in [0.717, 1.165) is 38.5 Å². The molecular formula is C17H25NO3. The van der Waals surface area contributed by atoms with Crippen LogP contribution in [-0.4, -0.2) is 16.7 Å². The van der Waals surface area contributed by atoms with Gasteiger partial charge in [0.25, 0.3) is 6.04 Å². The monoisotopic (exact) mass is 291 g/mol. The Morgan fingerprint density at radius 1 is 1.14 bits per heavy atom. The fourth-order valence-corrected chi connectivity index (χ4v) is 2.41. The van der Waals surface area contributed by atoms with Crippen LogP contribution in [0.4, 0.5) is 0 Å². The van der Waals surface area contributed by atoms with E-state index in [4.69, 9.17) is 0 Å². The Labute approximate surface area is 126 Å². The molecular weight excluding hydrogens is 266 g/mol. The number of carbonyl (C=O) groups is 1. The maximum absolute atomic E-state index is 11.9. The van der Waals surface area contributed by atoms with Crippen LogP contribution in [0.1, 0.15) is 57.4 Å². The highest BCUT2D eigenvalue weighted by molar-refractivity contribution is 5.82. The third-order valence-corrected chi connectivity index (χ3v) is 3.69. The van der Waals surface area contributed by atoms with Crippen molar-refractivity contribution in [2.75, 3.05) is 0 Å². The Bertz CT molecular complexity index is 431. The quantitative estimate of drug-likeness (QED) is 0.349. The van der Waals surface area contributed by atoms with Crippen molar-refractivity contribution in [2.45, 2.75) is 64.3 Å². The van der Waals surface area contributed by atoms with Crippen LogP contribution in [0.3, 0.4) is 0 Å². The average molecular weight is 291 g/mol. The van der Waals surface area contributed by atoms with Gasteiger partial charge in [0.05, 0.1) is 0 Å². The Hall–Kier alpha value is -1.71. The maximum atomic E-state index is 11.9. The smallest absolute Gasteiger partial charge is 0.270 e. The first kappa shape index (κ1) is 17.3. The molecule has 0 spiro atoms. The summed E-state index contributed by atoms with van der Waals surface area (Å²) >= 11 is 0. The first-order valence-corrected chi connectivity index (χ1v) is 7.85. The predicted molar refractivity (Wildman–Crippen MR) is 83.9 cm³/mol. The summed E-state index contributed by atoms with van der Waals surface area (Å²) in [5, 5.41) is 11.0. The van der Waals surface area contributed by atoms with Gasteiger partial charge >= 0.3 is 0 Å². The molecule has 4 nitrogen and oxygen atoms in total. The van der Waals surface area contributed by atoms with Gasteiger partial charge in [-0.15, -0.1) is 0 Å². The molecule has 0 aliphatic rings. The molecule has 4 heteroatoms. The summed E-state index contributed by atoms with van der Waals surface area (Å²) in [5.74, 6) is -0.204. The van der Waals surface area contributed by atoms with Crippen LogP contribution >= 0.6 is 0 Å². The fraction of sp³-hybridized carbons (Fsp3) is 0.588. The first-order chi connectivity index (χ1) is 10.1. The Balaban J connectivity index is 2.28. The molecule has 0 aromatic heterocycles. The highest BCUT2D eigenvalue weighted by atomic mass is 16.6. The van der Waals surface area contributed by atoms with Crippen molar-refractivity contribution in [3.05, 3.63) is 46.0 Å². The van der Waals surface area contributed by atoms with E-state index in [0.29, 0.717) is 12.8 Å². The molecule has 1 aromatic carbocycles. The Morgan fingerprint density at radius 2 is 1.86 bits per heavy atom. The summed E-state index contributed by atoms with van der Waals surface area (Å²) in [6.45, 7) is 2.05. The van der Waals surface area contributed by atoms with E-state index in [1.807, 2.05) is 25.1 Å². The van der Waals surface area contributed by atoms with Crippen molar-refractivity contribution in [1.82, 2.24) is 0 Å². The molecule has 1 unspecified atom stereocenters. The number of nitro groups is 1. The molecule has 0 fully saturated rings. The van der Waals surface area contributed by atoms with Gasteiger partial charge in [-0.25, -0.2) is 0 Å². The summed E-state index contributed by atoms with van der Waals surface area (Å²) in [4.78, 5) is 22.5. The number of hydrogen-bond acceptors (Lipinski definition) is 3. The zero-order chi connectivity index (χ0) is 15.5. The predicted octanol–water partition coefficient (Wildman–Crippen LogP) is 4.19. The van der Waals surface area contributed by atoms with Crippen LogP contribution in [-0.2, 0) is 11.2 Å². The zero-order valence-electron chi connectivity index (χ0n) is 12.8. The van der Waals surface area contributed by atoms with Gasteiger partial charge in [-0.05, 0) is 31.2 Å². The van der Waals surface area contributed by atoms with Gasteiger partial charge in [-0.2, -0.15) is 0 Å². The van der Waals surface area contributed by atoms with E-state index in [-0.39, 0.29) is 5.78 Å². The first-order valence-electron chi connectivity index (χ1n) is 7.85. The molecule has 0 aliphatic heterocycles. The van der Waals surface area contributed by atoms with Gasteiger partial charge in [0.15, 0.2) is 0 Å². The van der Waals surface area contributed by atoms with Crippen LogP contribution in [0.15, 0.2) is 30.3 Å². The summed E-state index contributed by atoms with van der Waals surface area (Å²) in [5.41, 5.74) is 1.25. The van der Waals surface area contributed by atoms with Gasteiger partial charge < -0.3 is 0 Å². The zero-order valence-corrected chi connectivity index (χ0v) is 12.8. The van der Waals surface area contributed by atoms with Crippen molar-refractivity contribution in [2.24, 2.45) is 0 Å². The largest absolute Gasteiger partial charge is 0.292 e. The van der Waals surface area contributed by atoms with E-state index < -0.39 is 11.0 Å². The average Bonchev–Trinajstić information content (AvgIpc) is 2.48. The minimum atomic E-state index is -0.992. The highest BCUT2D eigenvalue weighted by Gasteiger charge is 2.27. The molecule has 0 saturated carbocycles. The molecule has 0 heterocycles. The molecule has 0 saturated heterocycles. The second kappa shape index (κ2) is 10.1. The molecule has 116 valence electrons. The SMILES string of the molecule is CCCCCC(C(=O)CCCCc1ccccc1)[N+](=O)[O-]. The molecule has 1 rings (SSSR count). The lowest BCUT2D eigenvalue weighted by molar-refractivity contribution is -0.508. The van der Waals surface area contributed by atoms with Crippen molar-refractivity contribution in [3.63, 3.8) is 0 Å². The molecule has 21 heavy (non-hydrogen) atoms. The molecule has 1 aromatic rings. The lowest BCUT2D eigenvalue weighted by Gasteiger charge is -2.08. The minimum absolute atomic E-state index is 0.204. The van der Waals surface area contributed by atoms with Crippen LogP contribution in [0, 0.1) is 10.1 Å². The molecule has 0 N–H and O–H groups in total. The maximum Gasteiger partial charge on any atom is 0.270 e. The van der Waals surface area contributed by atoms with Crippen molar-refractivity contribution < 1.29 is 9.72 Å². The number of hydrogen-bond donors (Lipinski definition) is 0. The summed E-state index contributed by atoms with van der Waals surface area (Å²) in [7, 11) is 0. The molecule has 0 radical (unpaired) electrons. The van der Waals surface area contributed by atoms with Crippen molar-refractivity contribution >= 4 is 5.78 Å². The van der Waals surface area contributed by atoms with Crippen LogP contribution < -0.4 is 0 Å².